The molecule has 2 heterocycles. The van der Waals surface area contributed by atoms with Crippen LogP contribution in [0.5, 0.6) is 0 Å². The van der Waals surface area contributed by atoms with Crippen LogP contribution in [-0.4, -0.2) is 30.2 Å². The number of nitrogens with zero attached hydrogens (tertiary/aromatic N) is 1. The zero-order valence-electron chi connectivity index (χ0n) is 9.94. The van der Waals surface area contributed by atoms with E-state index in [1.807, 2.05) is 31.2 Å². The summed E-state index contributed by atoms with van der Waals surface area (Å²) in [7, 11) is 0. The predicted molar refractivity (Wildman–Crippen MR) is 71.7 cm³/mol. The number of halogens is 1. The number of hydrogen-bond acceptors (Lipinski definition) is 4. The molecule has 2 aliphatic heterocycles. The summed E-state index contributed by atoms with van der Waals surface area (Å²) in [4.78, 5) is 12.3. The summed E-state index contributed by atoms with van der Waals surface area (Å²) in [5.74, 6) is 0.00787. The van der Waals surface area contributed by atoms with Crippen LogP contribution in [0.3, 0.4) is 0 Å². The Morgan fingerprint density at radius 1 is 1.61 bits per heavy atom. The Morgan fingerprint density at radius 3 is 3.06 bits per heavy atom. The number of carbonyl (C=O) groups is 1. The van der Waals surface area contributed by atoms with E-state index in [4.69, 9.17) is 4.74 Å². The largest absolute Gasteiger partial charge is 0.361 e. The number of epoxide rings is 1. The third-order valence-electron chi connectivity index (χ3n) is 3.37. The Hall–Kier alpha value is -1.20. The van der Waals surface area contributed by atoms with Gasteiger partial charge in [0.25, 0.3) is 0 Å². The average molecular weight is 309 g/mol. The number of Topliss-reactive ketones (excluding diaryl/α,β-unsaturated/α-hetero) is 1. The molecule has 0 saturated carbocycles. The number of carbonyl (C=O) groups excluding carboxylic acids is 1. The predicted octanol–water partition coefficient (Wildman–Crippen LogP) is 1.85. The smallest absolute Gasteiger partial charge is 0.213 e. The van der Waals surface area contributed by atoms with Gasteiger partial charge in [0.1, 0.15) is 5.71 Å². The lowest BCUT2D eigenvalue weighted by atomic mass is 9.89. The average Bonchev–Trinajstić information content (AvgIpc) is 2.94. The Morgan fingerprint density at radius 2 is 2.39 bits per heavy atom. The fraction of sp³-hybridized carbons (Fsp3) is 0.385. The Bertz CT molecular complexity index is 538. The van der Waals surface area contributed by atoms with Gasteiger partial charge >= 0.3 is 0 Å². The molecule has 0 amide bonds. The van der Waals surface area contributed by atoms with Gasteiger partial charge in [0.05, 0.1) is 12.5 Å². The molecule has 2 aliphatic rings. The Labute approximate surface area is 114 Å². The highest BCUT2D eigenvalue weighted by Crippen LogP contribution is 2.32. The molecule has 5 heteroatoms. The van der Waals surface area contributed by atoms with Crippen molar-refractivity contribution < 1.29 is 9.53 Å². The Kier molecular flexibility index (Phi) is 2.75. The van der Waals surface area contributed by atoms with E-state index in [2.05, 4.69) is 26.5 Å². The quantitative estimate of drug-likeness (QED) is 0.867. The normalized spacial score (nSPS) is 29.7. The lowest BCUT2D eigenvalue weighted by Crippen LogP contribution is -2.32. The van der Waals surface area contributed by atoms with Crippen LogP contribution in [0.25, 0.3) is 0 Å². The molecule has 1 saturated heterocycles. The second-order valence-electron chi connectivity index (χ2n) is 4.82. The Balaban J connectivity index is 1.89. The number of hydrogen-bond donors (Lipinski definition) is 1. The maximum atomic E-state index is 12.3. The molecule has 1 N–H and O–H groups in total. The van der Waals surface area contributed by atoms with Crippen LogP contribution in [0, 0.1) is 0 Å². The lowest BCUT2D eigenvalue weighted by molar-refractivity contribution is -0.117. The van der Waals surface area contributed by atoms with Gasteiger partial charge in [0.15, 0.2) is 5.60 Å². The van der Waals surface area contributed by atoms with Crippen LogP contribution in [-0.2, 0) is 9.53 Å². The fourth-order valence-electron chi connectivity index (χ4n) is 2.12. The molecular formula is C13H13BrN2O2. The highest BCUT2D eigenvalue weighted by molar-refractivity contribution is 9.10. The highest BCUT2D eigenvalue weighted by atomic mass is 79.9. The van der Waals surface area contributed by atoms with Crippen molar-refractivity contribution in [1.82, 2.24) is 5.43 Å². The molecule has 0 aliphatic carbocycles. The molecule has 2 atom stereocenters. The number of rotatable bonds is 3. The first kappa shape index (κ1) is 11.9. The van der Waals surface area contributed by atoms with E-state index in [9.17, 15) is 4.79 Å². The zero-order chi connectivity index (χ0) is 12.8. The van der Waals surface area contributed by atoms with Crippen molar-refractivity contribution in [3.8, 4) is 0 Å². The van der Waals surface area contributed by atoms with Crippen LogP contribution in [0.4, 0.5) is 0 Å². The maximum Gasteiger partial charge on any atom is 0.213 e. The van der Waals surface area contributed by atoms with Crippen molar-refractivity contribution in [2.75, 3.05) is 13.2 Å². The molecule has 4 nitrogen and oxygen atoms in total. The van der Waals surface area contributed by atoms with Crippen molar-refractivity contribution in [1.29, 1.82) is 0 Å². The summed E-state index contributed by atoms with van der Waals surface area (Å²) in [5.41, 5.74) is 3.94. The van der Waals surface area contributed by atoms with E-state index in [-0.39, 0.29) is 11.7 Å². The van der Waals surface area contributed by atoms with Crippen molar-refractivity contribution in [2.45, 2.75) is 18.4 Å². The van der Waals surface area contributed by atoms with Crippen LogP contribution in [0.1, 0.15) is 18.4 Å². The number of benzene rings is 1. The topological polar surface area (TPSA) is 54.0 Å². The molecule has 1 aromatic carbocycles. The van der Waals surface area contributed by atoms with Crippen molar-refractivity contribution >= 4 is 27.4 Å². The monoisotopic (exact) mass is 308 g/mol. The molecule has 3 rings (SSSR count). The molecule has 0 radical (unpaired) electrons. The molecule has 18 heavy (non-hydrogen) atoms. The van der Waals surface area contributed by atoms with Crippen LogP contribution < -0.4 is 5.43 Å². The van der Waals surface area contributed by atoms with Gasteiger partial charge in [-0.25, -0.2) is 0 Å². The first-order chi connectivity index (χ1) is 8.60. The highest BCUT2D eigenvalue weighted by Gasteiger charge is 2.51. The van der Waals surface area contributed by atoms with Gasteiger partial charge in [-0.2, -0.15) is 5.10 Å². The second kappa shape index (κ2) is 4.17. The first-order valence-electron chi connectivity index (χ1n) is 5.85. The van der Waals surface area contributed by atoms with Crippen LogP contribution in [0.15, 0.2) is 33.8 Å². The lowest BCUT2D eigenvalue weighted by Gasteiger charge is -2.13. The minimum atomic E-state index is -0.644. The summed E-state index contributed by atoms with van der Waals surface area (Å²) in [6.45, 7) is 2.97. The van der Waals surface area contributed by atoms with Gasteiger partial charge in [0.2, 0.25) is 5.78 Å². The SMILES string of the molecule is C[C@]1(C(=O)C2=NNC[C@H]2c2cccc(Br)c2)CO1. The van der Waals surface area contributed by atoms with Crippen molar-refractivity contribution in [3.05, 3.63) is 34.3 Å². The second-order valence-corrected chi connectivity index (χ2v) is 5.73. The van der Waals surface area contributed by atoms with E-state index in [0.29, 0.717) is 18.9 Å². The molecule has 0 spiro atoms. The number of hydrazone groups is 1. The van der Waals surface area contributed by atoms with E-state index in [1.54, 1.807) is 0 Å². The molecule has 0 aromatic heterocycles. The van der Waals surface area contributed by atoms with E-state index >= 15 is 0 Å². The number of ketones is 1. The molecule has 94 valence electrons. The van der Waals surface area contributed by atoms with Crippen LogP contribution >= 0.6 is 15.9 Å². The summed E-state index contributed by atoms with van der Waals surface area (Å²) in [5, 5.41) is 4.15. The molecule has 1 aromatic rings. The summed E-state index contributed by atoms with van der Waals surface area (Å²) in [6.07, 6.45) is 0. The third-order valence-corrected chi connectivity index (χ3v) is 3.86. The van der Waals surface area contributed by atoms with Gasteiger partial charge in [-0.15, -0.1) is 0 Å². The van der Waals surface area contributed by atoms with Gasteiger partial charge in [0, 0.05) is 11.0 Å². The number of ether oxygens (including phenoxy) is 1. The standard InChI is InChI=1S/C13H13BrN2O2/c1-13(7-18-13)12(17)11-10(6-15-16-11)8-3-2-4-9(14)5-8/h2-5,10,15H,6-7H2,1H3/t10-,13+/m0/s1. The summed E-state index contributed by atoms with van der Waals surface area (Å²) < 4.78 is 6.22. The molecule has 0 bridgehead atoms. The fourth-order valence-corrected chi connectivity index (χ4v) is 2.53. The minimum absolute atomic E-state index is 0.00234. The zero-order valence-corrected chi connectivity index (χ0v) is 11.5. The van der Waals surface area contributed by atoms with Gasteiger partial charge in [-0.3, -0.25) is 4.79 Å². The summed E-state index contributed by atoms with van der Waals surface area (Å²) >= 11 is 3.45. The molecular weight excluding hydrogens is 296 g/mol. The van der Waals surface area contributed by atoms with E-state index < -0.39 is 5.60 Å². The van der Waals surface area contributed by atoms with Crippen LogP contribution in [0.2, 0.25) is 0 Å². The minimum Gasteiger partial charge on any atom is -0.361 e. The third kappa shape index (κ3) is 1.97. The summed E-state index contributed by atoms with van der Waals surface area (Å²) in [6, 6.07) is 7.98. The molecule has 1 fully saturated rings. The van der Waals surface area contributed by atoms with E-state index in [0.717, 1.165) is 10.0 Å². The van der Waals surface area contributed by atoms with Crippen molar-refractivity contribution in [3.63, 3.8) is 0 Å². The maximum absolute atomic E-state index is 12.3. The first-order valence-corrected chi connectivity index (χ1v) is 6.64. The number of nitrogens with one attached hydrogen (secondary N) is 1. The van der Waals surface area contributed by atoms with Crippen molar-refractivity contribution in [2.24, 2.45) is 5.10 Å². The van der Waals surface area contributed by atoms with E-state index in [1.165, 1.54) is 0 Å². The van der Waals surface area contributed by atoms with Gasteiger partial charge in [-0.05, 0) is 24.6 Å². The molecule has 0 unspecified atom stereocenters. The van der Waals surface area contributed by atoms with Gasteiger partial charge in [-0.1, -0.05) is 28.1 Å². The van der Waals surface area contributed by atoms with Gasteiger partial charge < -0.3 is 10.2 Å².